The number of hydrogen-bond donors (Lipinski definition) is 1. The lowest BCUT2D eigenvalue weighted by Gasteiger charge is -2.15. The summed E-state index contributed by atoms with van der Waals surface area (Å²) in [7, 11) is 0. The number of nitro benzene ring substituents is 1. The van der Waals surface area contributed by atoms with E-state index >= 15 is 0 Å². The van der Waals surface area contributed by atoms with Crippen LogP contribution in [0, 0.1) is 27.4 Å². The summed E-state index contributed by atoms with van der Waals surface area (Å²) in [6, 6.07) is 6.15. The summed E-state index contributed by atoms with van der Waals surface area (Å²) in [6.07, 6.45) is 6.10. The average molecular weight is 301 g/mol. The Labute approximate surface area is 128 Å². The summed E-state index contributed by atoms with van der Waals surface area (Å²) in [5, 5.41) is 14.6. The van der Waals surface area contributed by atoms with E-state index in [0.717, 1.165) is 12.8 Å². The van der Waals surface area contributed by atoms with E-state index in [4.69, 9.17) is 0 Å². The number of carbonyl (C=O) groups excluding carboxylic acids is 1. The molecule has 6 nitrogen and oxygen atoms in total. The normalized spacial score (nSPS) is 29.9. The summed E-state index contributed by atoms with van der Waals surface area (Å²) >= 11 is 0. The van der Waals surface area contributed by atoms with Crippen molar-refractivity contribution in [3.63, 3.8) is 0 Å². The fraction of sp³-hybridized carbons (Fsp3) is 0.500. The van der Waals surface area contributed by atoms with Crippen molar-refractivity contribution in [2.75, 3.05) is 0 Å². The predicted molar refractivity (Wildman–Crippen MR) is 82.4 cm³/mol. The molecular weight excluding hydrogens is 282 g/mol. The van der Waals surface area contributed by atoms with Crippen molar-refractivity contribution in [3.05, 3.63) is 39.9 Å². The first-order valence-electron chi connectivity index (χ1n) is 7.60. The predicted octanol–water partition coefficient (Wildman–Crippen LogP) is 2.87. The lowest BCUT2D eigenvalue weighted by atomic mass is 9.90. The highest BCUT2D eigenvalue weighted by Crippen LogP contribution is 2.66. The minimum absolute atomic E-state index is 0.0102. The van der Waals surface area contributed by atoms with Crippen molar-refractivity contribution in [2.24, 2.45) is 22.4 Å². The minimum Gasteiger partial charge on any atom is -0.273 e. The van der Waals surface area contributed by atoms with Crippen LogP contribution in [0.1, 0.15) is 38.2 Å². The molecule has 1 aromatic carbocycles. The number of nitro groups is 1. The minimum atomic E-state index is -0.453. The molecule has 0 saturated heterocycles. The fourth-order valence-corrected chi connectivity index (χ4v) is 3.81. The number of fused-ring (bicyclic) bond motifs is 1. The van der Waals surface area contributed by atoms with Crippen LogP contribution in [0.15, 0.2) is 29.4 Å². The Hall–Kier alpha value is -2.24. The van der Waals surface area contributed by atoms with Gasteiger partial charge in [0.2, 0.25) is 5.91 Å². The Morgan fingerprint density at radius 1 is 1.50 bits per heavy atom. The van der Waals surface area contributed by atoms with E-state index in [9.17, 15) is 14.9 Å². The van der Waals surface area contributed by atoms with Gasteiger partial charge < -0.3 is 0 Å². The third-order valence-corrected chi connectivity index (χ3v) is 5.08. The number of hydrazone groups is 1. The fourth-order valence-electron chi connectivity index (χ4n) is 3.81. The Morgan fingerprint density at radius 3 is 3.00 bits per heavy atom. The number of benzene rings is 1. The number of non-ortho nitro benzene ring substituents is 1. The zero-order valence-electron chi connectivity index (χ0n) is 12.5. The Balaban J connectivity index is 1.60. The number of amides is 1. The molecular formula is C16H19N3O3. The van der Waals surface area contributed by atoms with Crippen LogP contribution < -0.4 is 5.43 Å². The van der Waals surface area contributed by atoms with Gasteiger partial charge in [-0.05, 0) is 24.2 Å². The molecule has 0 heterocycles. The van der Waals surface area contributed by atoms with Crippen LogP contribution in [0.25, 0.3) is 0 Å². The van der Waals surface area contributed by atoms with Crippen LogP contribution >= 0.6 is 0 Å². The first-order valence-corrected chi connectivity index (χ1v) is 7.60. The van der Waals surface area contributed by atoms with Gasteiger partial charge in [0.15, 0.2) is 0 Å². The molecule has 116 valence electrons. The molecule has 0 aliphatic heterocycles. The molecule has 0 unspecified atom stereocenters. The number of nitrogens with zero attached hydrogens (tertiary/aromatic N) is 2. The molecule has 2 fully saturated rings. The summed E-state index contributed by atoms with van der Waals surface area (Å²) in [5.41, 5.74) is 3.34. The molecule has 1 N–H and O–H groups in total. The number of carbonyl (C=O) groups is 1. The van der Waals surface area contributed by atoms with Gasteiger partial charge in [-0.1, -0.05) is 31.9 Å². The molecule has 2 aliphatic carbocycles. The third kappa shape index (κ3) is 2.61. The van der Waals surface area contributed by atoms with Crippen molar-refractivity contribution < 1.29 is 9.72 Å². The largest absolute Gasteiger partial charge is 0.273 e. The maximum atomic E-state index is 12.2. The van der Waals surface area contributed by atoms with Crippen LogP contribution in [0.5, 0.6) is 0 Å². The van der Waals surface area contributed by atoms with Crippen molar-refractivity contribution in [1.29, 1.82) is 0 Å². The monoisotopic (exact) mass is 301 g/mol. The van der Waals surface area contributed by atoms with Gasteiger partial charge in [-0.2, -0.15) is 5.10 Å². The highest BCUT2D eigenvalue weighted by molar-refractivity contribution is 5.86. The molecule has 2 saturated carbocycles. The van der Waals surface area contributed by atoms with E-state index in [1.54, 1.807) is 12.1 Å². The Bertz CT molecular complexity index is 643. The molecule has 3 rings (SSSR count). The molecule has 0 radical (unpaired) electrons. The number of nitrogens with one attached hydrogen (secondary N) is 1. The van der Waals surface area contributed by atoms with Crippen LogP contribution in [-0.2, 0) is 4.79 Å². The second kappa shape index (κ2) is 5.51. The van der Waals surface area contributed by atoms with Crippen molar-refractivity contribution in [2.45, 2.75) is 32.6 Å². The van der Waals surface area contributed by atoms with Gasteiger partial charge in [-0.25, -0.2) is 5.43 Å². The highest BCUT2D eigenvalue weighted by Gasteiger charge is 2.64. The lowest BCUT2D eigenvalue weighted by Crippen LogP contribution is -2.22. The van der Waals surface area contributed by atoms with Crippen molar-refractivity contribution >= 4 is 17.8 Å². The topological polar surface area (TPSA) is 84.6 Å². The zero-order chi connectivity index (χ0) is 15.7. The molecule has 3 atom stereocenters. The van der Waals surface area contributed by atoms with Gasteiger partial charge in [0.25, 0.3) is 5.69 Å². The smallest absolute Gasteiger partial charge is 0.270 e. The van der Waals surface area contributed by atoms with Gasteiger partial charge in [0, 0.05) is 23.6 Å². The van der Waals surface area contributed by atoms with Crippen LogP contribution in [0.3, 0.4) is 0 Å². The van der Waals surface area contributed by atoms with Crippen LogP contribution in [0.4, 0.5) is 5.69 Å². The van der Waals surface area contributed by atoms with Crippen molar-refractivity contribution in [3.8, 4) is 0 Å². The lowest BCUT2D eigenvalue weighted by molar-refractivity contribution is -0.384. The first kappa shape index (κ1) is 14.7. The van der Waals surface area contributed by atoms with Crippen LogP contribution in [0.2, 0.25) is 0 Å². The van der Waals surface area contributed by atoms with Gasteiger partial charge in [-0.3, -0.25) is 14.9 Å². The molecule has 1 aromatic rings. The summed E-state index contributed by atoms with van der Waals surface area (Å²) in [6.45, 7) is 2.19. The van der Waals surface area contributed by atoms with E-state index < -0.39 is 4.92 Å². The maximum Gasteiger partial charge on any atom is 0.270 e. The molecule has 0 spiro atoms. The van der Waals surface area contributed by atoms with E-state index in [1.807, 2.05) is 0 Å². The molecule has 0 aromatic heterocycles. The van der Waals surface area contributed by atoms with E-state index in [2.05, 4.69) is 17.5 Å². The van der Waals surface area contributed by atoms with Gasteiger partial charge in [0.05, 0.1) is 11.1 Å². The standard InChI is InChI=1S/C16H19N3O3/c1-16-8-3-2-7-13(16)14(16)15(20)18-17-10-11-5-4-6-12(9-11)19(21)22/h4-6,9-10,13-14H,2-3,7-8H2,1H3,(H,18,20)/b17-10+/t13-,14+,16-/m0/s1. The van der Waals surface area contributed by atoms with Gasteiger partial charge in [0.1, 0.15) is 0 Å². The first-order chi connectivity index (χ1) is 10.5. The Kier molecular flexibility index (Phi) is 3.68. The van der Waals surface area contributed by atoms with E-state index in [1.165, 1.54) is 31.2 Å². The van der Waals surface area contributed by atoms with Gasteiger partial charge in [-0.15, -0.1) is 0 Å². The third-order valence-electron chi connectivity index (χ3n) is 5.08. The van der Waals surface area contributed by atoms with E-state index in [0.29, 0.717) is 11.5 Å². The Morgan fingerprint density at radius 2 is 2.32 bits per heavy atom. The molecule has 6 heteroatoms. The molecule has 1 amide bonds. The quantitative estimate of drug-likeness (QED) is 0.527. The average Bonchev–Trinajstić information content (AvgIpc) is 3.13. The maximum absolute atomic E-state index is 12.2. The number of hydrogen-bond acceptors (Lipinski definition) is 4. The molecule has 2 aliphatic rings. The second-order valence-corrected chi connectivity index (χ2v) is 6.42. The molecule has 0 bridgehead atoms. The van der Waals surface area contributed by atoms with Gasteiger partial charge >= 0.3 is 0 Å². The number of rotatable bonds is 4. The molecule has 22 heavy (non-hydrogen) atoms. The SMILES string of the molecule is C[C@]12CCCC[C@H]1[C@@H]2C(=O)N/N=C/c1cccc([N+](=O)[O-])c1. The summed E-state index contributed by atoms with van der Waals surface area (Å²) in [4.78, 5) is 22.5. The zero-order valence-corrected chi connectivity index (χ0v) is 12.5. The highest BCUT2D eigenvalue weighted by atomic mass is 16.6. The van der Waals surface area contributed by atoms with Crippen LogP contribution in [-0.4, -0.2) is 17.0 Å². The van der Waals surface area contributed by atoms with Crippen molar-refractivity contribution in [1.82, 2.24) is 5.43 Å². The summed E-state index contributed by atoms with van der Waals surface area (Å²) in [5.74, 6) is 0.530. The van der Waals surface area contributed by atoms with E-state index in [-0.39, 0.29) is 22.9 Å². The second-order valence-electron chi connectivity index (χ2n) is 6.42. The summed E-state index contributed by atoms with van der Waals surface area (Å²) < 4.78 is 0.